The molecule has 0 saturated heterocycles. The van der Waals surface area contributed by atoms with E-state index in [4.69, 9.17) is 9.47 Å². The van der Waals surface area contributed by atoms with E-state index in [1.807, 2.05) is 13.0 Å². The molecule has 0 spiro atoms. The van der Waals surface area contributed by atoms with Crippen LogP contribution in [0.4, 0.5) is 4.79 Å². The molecular formula is C13H18N2O4. The van der Waals surface area contributed by atoms with Crippen LogP contribution in [0.15, 0.2) is 24.3 Å². The highest BCUT2D eigenvalue weighted by atomic mass is 16.5. The molecule has 1 atom stereocenters. The van der Waals surface area contributed by atoms with Gasteiger partial charge in [-0.25, -0.2) is 4.79 Å². The van der Waals surface area contributed by atoms with Crippen LogP contribution in [0.1, 0.15) is 13.8 Å². The van der Waals surface area contributed by atoms with Gasteiger partial charge in [-0.3, -0.25) is 10.1 Å². The van der Waals surface area contributed by atoms with Crippen LogP contribution in [0.3, 0.4) is 0 Å². The first-order chi connectivity index (χ1) is 9.08. The fourth-order valence-electron chi connectivity index (χ4n) is 1.34. The summed E-state index contributed by atoms with van der Waals surface area (Å²) in [6.07, 6.45) is -0.807. The lowest BCUT2D eigenvalue weighted by Crippen LogP contribution is -2.43. The number of rotatable bonds is 5. The van der Waals surface area contributed by atoms with Crippen molar-refractivity contribution in [3.05, 3.63) is 24.3 Å². The van der Waals surface area contributed by atoms with Crippen molar-refractivity contribution in [2.45, 2.75) is 20.0 Å². The largest absolute Gasteiger partial charge is 0.490 e. The van der Waals surface area contributed by atoms with Gasteiger partial charge in [-0.2, -0.15) is 0 Å². The SMILES string of the molecule is CCOc1ccccc1O[C@H](C)C(=O)NC(=O)NC. The number of hydrogen-bond acceptors (Lipinski definition) is 4. The van der Waals surface area contributed by atoms with Gasteiger partial charge in [0.15, 0.2) is 17.6 Å². The smallest absolute Gasteiger partial charge is 0.321 e. The molecule has 0 radical (unpaired) electrons. The van der Waals surface area contributed by atoms with Gasteiger partial charge < -0.3 is 14.8 Å². The lowest BCUT2D eigenvalue weighted by molar-refractivity contribution is -0.126. The van der Waals surface area contributed by atoms with Crippen LogP contribution in [0, 0.1) is 0 Å². The summed E-state index contributed by atoms with van der Waals surface area (Å²) in [5, 5.41) is 4.44. The highest BCUT2D eigenvalue weighted by molar-refractivity contribution is 5.96. The Balaban J connectivity index is 2.68. The summed E-state index contributed by atoms with van der Waals surface area (Å²) < 4.78 is 10.9. The minimum atomic E-state index is -0.807. The van der Waals surface area contributed by atoms with E-state index in [1.165, 1.54) is 7.05 Å². The van der Waals surface area contributed by atoms with E-state index in [2.05, 4.69) is 10.6 Å². The minimum Gasteiger partial charge on any atom is -0.490 e. The third-order valence-electron chi connectivity index (χ3n) is 2.29. The summed E-state index contributed by atoms with van der Waals surface area (Å²) >= 11 is 0. The molecule has 2 N–H and O–H groups in total. The van der Waals surface area contributed by atoms with E-state index in [9.17, 15) is 9.59 Å². The van der Waals surface area contributed by atoms with Crippen LogP contribution in [-0.4, -0.2) is 31.7 Å². The molecule has 6 nitrogen and oxygen atoms in total. The molecule has 3 amide bonds. The van der Waals surface area contributed by atoms with Gasteiger partial charge in [0, 0.05) is 7.05 Å². The predicted octanol–water partition coefficient (Wildman–Crippen LogP) is 1.31. The topological polar surface area (TPSA) is 76.7 Å². The standard InChI is InChI=1S/C13H18N2O4/c1-4-18-10-7-5-6-8-11(10)19-9(2)12(16)15-13(17)14-3/h5-9H,4H2,1-3H3,(H2,14,15,16,17)/t9-/m1/s1. The first kappa shape index (κ1) is 14.8. The Morgan fingerprint density at radius 3 is 2.47 bits per heavy atom. The number of amides is 3. The van der Waals surface area contributed by atoms with Gasteiger partial charge in [0.2, 0.25) is 0 Å². The van der Waals surface area contributed by atoms with Crippen molar-refractivity contribution in [2.24, 2.45) is 0 Å². The molecule has 0 heterocycles. The maximum Gasteiger partial charge on any atom is 0.321 e. The van der Waals surface area contributed by atoms with E-state index in [0.29, 0.717) is 18.1 Å². The van der Waals surface area contributed by atoms with Gasteiger partial charge in [0.25, 0.3) is 5.91 Å². The first-order valence-corrected chi connectivity index (χ1v) is 5.99. The minimum absolute atomic E-state index is 0.462. The van der Waals surface area contributed by atoms with E-state index < -0.39 is 18.0 Å². The van der Waals surface area contributed by atoms with Gasteiger partial charge in [0.05, 0.1) is 6.61 Å². The zero-order valence-corrected chi connectivity index (χ0v) is 11.2. The summed E-state index contributed by atoms with van der Waals surface area (Å²) in [6, 6.07) is 6.48. The van der Waals surface area contributed by atoms with E-state index >= 15 is 0 Å². The average molecular weight is 266 g/mol. The quantitative estimate of drug-likeness (QED) is 0.842. The molecule has 0 aliphatic heterocycles. The zero-order valence-electron chi connectivity index (χ0n) is 11.2. The molecular weight excluding hydrogens is 248 g/mol. The molecule has 0 aliphatic rings. The molecule has 1 aromatic rings. The molecule has 0 fully saturated rings. The summed E-state index contributed by atoms with van der Waals surface area (Å²) in [6.45, 7) is 3.92. The van der Waals surface area contributed by atoms with Crippen molar-refractivity contribution >= 4 is 11.9 Å². The zero-order chi connectivity index (χ0) is 14.3. The second-order valence-corrected chi connectivity index (χ2v) is 3.71. The highest BCUT2D eigenvalue weighted by Crippen LogP contribution is 2.27. The summed E-state index contributed by atoms with van der Waals surface area (Å²) in [7, 11) is 1.43. The normalized spacial score (nSPS) is 11.3. The molecule has 6 heteroatoms. The van der Waals surface area contributed by atoms with Crippen molar-refractivity contribution in [3.8, 4) is 11.5 Å². The van der Waals surface area contributed by atoms with Gasteiger partial charge in [-0.15, -0.1) is 0 Å². The fourth-order valence-corrected chi connectivity index (χ4v) is 1.34. The van der Waals surface area contributed by atoms with Crippen LogP contribution in [-0.2, 0) is 4.79 Å². The highest BCUT2D eigenvalue weighted by Gasteiger charge is 2.18. The Bertz CT molecular complexity index is 448. The lowest BCUT2D eigenvalue weighted by Gasteiger charge is -2.16. The summed E-state index contributed by atoms with van der Waals surface area (Å²) in [4.78, 5) is 22.7. The van der Waals surface area contributed by atoms with Crippen LogP contribution >= 0.6 is 0 Å². The Morgan fingerprint density at radius 2 is 1.89 bits per heavy atom. The number of carbonyl (C=O) groups excluding carboxylic acids is 2. The molecule has 0 unspecified atom stereocenters. The van der Waals surface area contributed by atoms with Crippen molar-refractivity contribution in [1.82, 2.24) is 10.6 Å². The molecule has 19 heavy (non-hydrogen) atoms. The molecule has 0 saturated carbocycles. The number of nitrogens with one attached hydrogen (secondary N) is 2. The van der Waals surface area contributed by atoms with Gasteiger partial charge in [0.1, 0.15) is 0 Å². The van der Waals surface area contributed by atoms with Gasteiger partial charge in [-0.1, -0.05) is 12.1 Å². The predicted molar refractivity (Wildman–Crippen MR) is 70.3 cm³/mol. The number of para-hydroxylation sites is 2. The van der Waals surface area contributed by atoms with E-state index in [-0.39, 0.29) is 0 Å². The van der Waals surface area contributed by atoms with Gasteiger partial charge >= 0.3 is 6.03 Å². The molecule has 1 rings (SSSR count). The molecule has 0 bridgehead atoms. The number of carbonyl (C=O) groups is 2. The van der Waals surface area contributed by atoms with Crippen molar-refractivity contribution < 1.29 is 19.1 Å². The average Bonchev–Trinajstić information content (AvgIpc) is 2.41. The van der Waals surface area contributed by atoms with Crippen molar-refractivity contribution in [3.63, 3.8) is 0 Å². The summed E-state index contributed by atoms with van der Waals surface area (Å²) in [5.74, 6) is 0.499. The third-order valence-corrected chi connectivity index (χ3v) is 2.29. The second kappa shape index (κ2) is 7.25. The molecule has 0 aromatic heterocycles. The van der Waals surface area contributed by atoms with Crippen molar-refractivity contribution in [2.75, 3.05) is 13.7 Å². The Hall–Kier alpha value is -2.24. The van der Waals surface area contributed by atoms with Crippen LogP contribution in [0.5, 0.6) is 11.5 Å². The maximum atomic E-state index is 11.6. The summed E-state index contributed by atoms with van der Waals surface area (Å²) in [5.41, 5.74) is 0. The van der Waals surface area contributed by atoms with Crippen LogP contribution < -0.4 is 20.1 Å². The maximum absolute atomic E-state index is 11.6. The van der Waals surface area contributed by atoms with Crippen LogP contribution in [0.2, 0.25) is 0 Å². The first-order valence-electron chi connectivity index (χ1n) is 5.99. The molecule has 104 valence electrons. The number of hydrogen-bond donors (Lipinski definition) is 2. The fraction of sp³-hybridized carbons (Fsp3) is 0.385. The third kappa shape index (κ3) is 4.50. The number of imide groups is 1. The molecule has 1 aromatic carbocycles. The number of benzene rings is 1. The second-order valence-electron chi connectivity index (χ2n) is 3.71. The van der Waals surface area contributed by atoms with Crippen LogP contribution in [0.25, 0.3) is 0 Å². The molecule has 0 aliphatic carbocycles. The van der Waals surface area contributed by atoms with Gasteiger partial charge in [-0.05, 0) is 26.0 Å². The number of ether oxygens (including phenoxy) is 2. The monoisotopic (exact) mass is 266 g/mol. The lowest BCUT2D eigenvalue weighted by atomic mass is 10.3. The Labute approximate surface area is 112 Å². The Morgan fingerprint density at radius 1 is 1.26 bits per heavy atom. The van der Waals surface area contributed by atoms with E-state index in [1.54, 1.807) is 25.1 Å². The van der Waals surface area contributed by atoms with E-state index in [0.717, 1.165) is 0 Å². The van der Waals surface area contributed by atoms with Crippen molar-refractivity contribution in [1.29, 1.82) is 0 Å². The Kier molecular flexibility index (Phi) is 5.66. The number of urea groups is 1.